The molecule has 1 amide bonds. The number of hydrogen-bond donors (Lipinski definition) is 1. The summed E-state index contributed by atoms with van der Waals surface area (Å²) in [4.78, 5) is 29.1. The molecule has 0 spiro atoms. The maximum Gasteiger partial charge on any atom is 0.434 e. The van der Waals surface area contributed by atoms with Crippen molar-refractivity contribution in [1.82, 2.24) is 19.2 Å². The van der Waals surface area contributed by atoms with Gasteiger partial charge in [-0.1, -0.05) is 11.9 Å². The van der Waals surface area contributed by atoms with Crippen LogP contribution in [-0.4, -0.2) is 67.1 Å². The number of hydrogen-bond acceptors (Lipinski definition) is 8. The number of nitrogens with one attached hydrogen (secondary N) is 1. The van der Waals surface area contributed by atoms with Crippen LogP contribution in [0, 0.1) is 16.0 Å². The molecule has 0 aliphatic carbocycles. The highest BCUT2D eigenvalue weighted by Gasteiger charge is 2.33. The number of carbonyl (C=O) groups is 1. The first-order valence-corrected chi connectivity index (χ1v) is 12.3. The van der Waals surface area contributed by atoms with Crippen LogP contribution in [0.1, 0.15) is 26.2 Å². The van der Waals surface area contributed by atoms with E-state index in [1.54, 1.807) is 11.0 Å². The minimum Gasteiger partial charge on any atom is -0.497 e. The lowest BCUT2D eigenvalue weighted by atomic mass is 9.98. The summed E-state index contributed by atoms with van der Waals surface area (Å²) in [5.74, 6) is 0.129. The van der Waals surface area contributed by atoms with E-state index in [0.717, 1.165) is 12.8 Å². The van der Waals surface area contributed by atoms with Gasteiger partial charge in [0, 0.05) is 25.6 Å². The van der Waals surface area contributed by atoms with Gasteiger partial charge in [-0.25, -0.2) is 13.0 Å². The van der Waals surface area contributed by atoms with E-state index in [0.29, 0.717) is 24.8 Å². The summed E-state index contributed by atoms with van der Waals surface area (Å²) in [5.41, 5.74) is 0. The number of nitrogens with zero attached hydrogens (tertiary/aromatic N) is 4. The molecular weight excluding hydrogens is 466 g/mol. The topological polar surface area (TPSA) is 146 Å². The van der Waals surface area contributed by atoms with Gasteiger partial charge >= 0.3 is 5.95 Å². The van der Waals surface area contributed by atoms with Crippen molar-refractivity contribution >= 4 is 21.9 Å². The fourth-order valence-corrected chi connectivity index (χ4v) is 5.25. The second-order valence-corrected chi connectivity index (χ2v) is 9.85. The highest BCUT2D eigenvalue weighted by atomic mass is 32.2. The fraction of sp³-hybridized carbons (Fsp3) is 0.524. The third-order valence-corrected chi connectivity index (χ3v) is 7.36. The number of rotatable bonds is 10. The van der Waals surface area contributed by atoms with Gasteiger partial charge in [-0.05, 0) is 35.8 Å². The molecule has 12 nitrogen and oxygen atoms in total. The van der Waals surface area contributed by atoms with Gasteiger partial charge in [0.15, 0.2) is 0 Å². The highest BCUT2D eigenvalue weighted by Crippen LogP contribution is 2.29. The van der Waals surface area contributed by atoms with E-state index >= 15 is 0 Å². The minimum atomic E-state index is -4.21. The van der Waals surface area contributed by atoms with E-state index in [-0.39, 0.29) is 35.5 Å². The number of aromatic nitrogens is 2. The Morgan fingerprint density at radius 3 is 2.62 bits per heavy atom. The lowest BCUT2D eigenvalue weighted by Gasteiger charge is -2.33. The first-order valence-electron chi connectivity index (χ1n) is 10.8. The van der Waals surface area contributed by atoms with Crippen LogP contribution in [0.25, 0.3) is 0 Å². The van der Waals surface area contributed by atoms with Crippen molar-refractivity contribution in [1.29, 1.82) is 0 Å². The van der Waals surface area contributed by atoms with Crippen molar-refractivity contribution in [2.24, 2.45) is 5.92 Å². The molecule has 1 atom stereocenters. The number of methoxy groups -OCH3 is 2. The summed E-state index contributed by atoms with van der Waals surface area (Å²) in [6, 6.07) is 3.20. The second-order valence-electron chi connectivity index (χ2n) is 8.16. The Labute approximate surface area is 198 Å². The fourth-order valence-electron chi connectivity index (χ4n) is 3.84. The Bertz CT molecular complexity index is 1130. The van der Waals surface area contributed by atoms with E-state index in [1.165, 1.54) is 43.3 Å². The number of likely N-dealkylation sites (tertiary alicyclic amines) is 1. The van der Waals surface area contributed by atoms with Gasteiger partial charge in [0.1, 0.15) is 34.8 Å². The highest BCUT2D eigenvalue weighted by molar-refractivity contribution is 7.89. The summed E-state index contributed by atoms with van der Waals surface area (Å²) in [6.07, 6.45) is 4.34. The maximum atomic E-state index is 13.4. The maximum absolute atomic E-state index is 13.4. The molecule has 1 saturated heterocycles. The zero-order chi connectivity index (χ0) is 24.9. The molecule has 1 aliphatic heterocycles. The van der Waals surface area contributed by atoms with Gasteiger partial charge in [0.2, 0.25) is 15.9 Å². The molecule has 1 aliphatic rings. The Hall–Kier alpha value is -3.19. The predicted molar refractivity (Wildman–Crippen MR) is 122 cm³/mol. The standard InChI is InChI=1S/C21H29N5O7S/c1-15-6-10-24(11-7-15)20(27)17(8-12-25-13-9-22-21(25)26(28)29)23-34(30,31)19-14-16(32-2)4-5-18(19)33-3/h4-5,9,13-15,17,23H,6-8,10-12H2,1-3H3. The lowest BCUT2D eigenvalue weighted by Crippen LogP contribution is -2.50. The van der Waals surface area contributed by atoms with E-state index in [1.807, 2.05) is 0 Å². The van der Waals surface area contributed by atoms with E-state index in [9.17, 15) is 23.3 Å². The molecule has 1 unspecified atom stereocenters. The average molecular weight is 496 g/mol. The smallest absolute Gasteiger partial charge is 0.434 e. The number of piperidine rings is 1. The van der Waals surface area contributed by atoms with Gasteiger partial charge in [0.05, 0.1) is 20.8 Å². The van der Waals surface area contributed by atoms with Gasteiger partial charge in [-0.3, -0.25) is 4.79 Å². The Balaban J connectivity index is 1.89. The number of sulfonamides is 1. The molecule has 2 heterocycles. The summed E-state index contributed by atoms with van der Waals surface area (Å²) in [7, 11) is -1.45. The van der Waals surface area contributed by atoms with Crippen LogP contribution in [0.4, 0.5) is 5.95 Å². The molecule has 0 radical (unpaired) electrons. The lowest BCUT2D eigenvalue weighted by molar-refractivity contribution is -0.396. The monoisotopic (exact) mass is 495 g/mol. The van der Waals surface area contributed by atoms with Crippen LogP contribution >= 0.6 is 0 Å². The van der Waals surface area contributed by atoms with E-state index in [4.69, 9.17) is 9.47 Å². The Morgan fingerprint density at radius 1 is 1.29 bits per heavy atom. The molecule has 1 N–H and O–H groups in total. The molecule has 1 fully saturated rings. The van der Waals surface area contributed by atoms with Crippen LogP contribution in [0.5, 0.6) is 11.5 Å². The number of carbonyl (C=O) groups excluding carboxylic acids is 1. The zero-order valence-electron chi connectivity index (χ0n) is 19.3. The van der Waals surface area contributed by atoms with Crippen LogP contribution in [0.15, 0.2) is 35.5 Å². The number of ether oxygens (including phenoxy) is 2. The summed E-state index contributed by atoms with van der Waals surface area (Å²) in [6.45, 7) is 3.17. The molecule has 1 aromatic carbocycles. The van der Waals surface area contributed by atoms with Gasteiger partial charge in [-0.15, -0.1) is 0 Å². The molecule has 3 rings (SSSR count). The number of aryl methyl sites for hydroxylation is 1. The first-order chi connectivity index (χ1) is 16.2. The Morgan fingerprint density at radius 2 is 2.00 bits per heavy atom. The summed E-state index contributed by atoms with van der Waals surface area (Å²) in [5, 5.41) is 11.2. The number of benzene rings is 1. The number of amides is 1. The third kappa shape index (κ3) is 5.83. The van der Waals surface area contributed by atoms with Crippen LogP contribution in [-0.2, 0) is 21.4 Å². The van der Waals surface area contributed by atoms with E-state index < -0.39 is 21.0 Å². The van der Waals surface area contributed by atoms with Crippen LogP contribution < -0.4 is 14.2 Å². The quantitative estimate of drug-likeness (QED) is 0.388. The number of nitro groups is 1. The van der Waals surface area contributed by atoms with Crippen molar-refractivity contribution in [3.63, 3.8) is 0 Å². The average Bonchev–Trinajstić information content (AvgIpc) is 3.30. The summed E-state index contributed by atoms with van der Waals surface area (Å²) >= 11 is 0. The van der Waals surface area contributed by atoms with Gasteiger partial charge in [-0.2, -0.15) is 4.72 Å². The normalized spacial score (nSPS) is 15.7. The first kappa shape index (κ1) is 25.4. The predicted octanol–water partition coefficient (Wildman–Crippen LogP) is 1.80. The second kappa shape index (κ2) is 10.8. The molecule has 0 bridgehead atoms. The van der Waals surface area contributed by atoms with Crippen molar-refractivity contribution in [2.45, 2.75) is 43.7 Å². The molecule has 13 heteroatoms. The SMILES string of the molecule is COc1ccc(OC)c(S(=O)(=O)NC(CCn2ccnc2[N+](=O)[O-])C(=O)N2CCC(C)CC2)c1. The molecular formula is C21H29N5O7S. The number of imidazole rings is 1. The zero-order valence-corrected chi connectivity index (χ0v) is 20.2. The van der Waals surface area contributed by atoms with E-state index in [2.05, 4.69) is 16.6 Å². The molecule has 1 aromatic heterocycles. The van der Waals surface area contributed by atoms with Gasteiger partial charge < -0.3 is 24.5 Å². The van der Waals surface area contributed by atoms with Crippen molar-refractivity contribution < 1.29 is 27.6 Å². The third-order valence-electron chi connectivity index (χ3n) is 5.87. The Kier molecular flexibility index (Phi) is 8.10. The molecule has 186 valence electrons. The van der Waals surface area contributed by atoms with Crippen molar-refractivity contribution in [3.8, 4) is 11.5 Å². The minimum absolute atomic E-state index is 0.00635. The molecule has 2 aromatic rings. The van der Waals surface area contributed by atoms with Crippen LogP contribution in [0.2, 0.25) is 0 Å². The van der Waals surface area contributed by atoms with Crippen molar-refractivity contribution in [3.05, 3.63) is 40.7 Å². The van der Waals surface area contributed by atoms with Gasteiger partial charge in [0.25, 0.3) is 0 Å². The largest absolute Gasteiger partial charge is 0.497 e. The molecule has 34 heavy (non-hydrogen) atoms. The molecule has 0 saturated carbocycles. The van der Waals surface area contributed by atoms with Crippen LogP contribution in [0.3, 0.4) is 0 Å². The van der Waals surface area contributed by atoms with Crippen molar-refractivity contribution in [2.75, 3.05) is 27.3 Å². The summed E-state index contributed by atoms with van der Waals surface area (Å²) < 4.78 is 40.8.